The van der Waals surface area contributed by atoms with Gasteiger partial charge in [-0.15, -0.1) is 0 Å². The lowest BCUT2D eigenvalue weighted by molar-refractivity contribution is 0.238. The smallest absolute Gasteiger partial charge is 0.0234 e. The highest BCUT2D eigenvalue weighted by atomic mass is 15.2. The van der Waals surface area contributed by atoms with Crippen LogP contribution in [0.15, 0.2) is 30.3 Å². The Bertz CT molecular complexity index is 310. The number of hydrogen-bond acceptors (Lipinski definition) is 2. The molecule has 0 aromatic heterocycles. The summed E-state index contributed by atoms with van der Waals surface area (Å²) in [6, 6.07) is 11.5. The van der Waals surface area contributed by atoms with Crippen molar-refractivity contribution in [2.45, 2.75) is 25.9 Å². The Morgan fingerprint density at radius 3 is 2.75 bits per heavy atom. The second kappa shape index (κ2) is 5.46. The standard InChI is InChI=1S/C14H22N2/c1-3-15(2)14-9-10-16(12-14)11-13-7-5-4-6-8-13/h4-8,14H,3,9-12H2,1-2H3. The Kier molecular flexibility index (Phi) is 3.97. The number of likely N-dealkylation sites (tertiary alicyclic amines) is 1. The number of benzene rings is 1. The molecule has 0 saturated carbocycles. The molecular weight excluding hydrogens is 196 g/mol. The number of likely N-dealkylation sites (N-methyl/N-ethyl adjacent to an activating group) is 1. The zero-order valence-corrected chi connectivity index (χ0v) is 10.4. The average Bonchev–Trinajstić information content (AvgIpc) is 2.78. The maximum absolute atomic E-state index is 2.56. The van der Waals surface area contributed by atoms with E-state index in [1.54, 1.807) is 0 Å². The van der Waals surface area contributed by atoms with Crippen molar-refractivity contribution in [3.05, 3.63) is 35.9 Å². The molecule has 1 atom stereocenters. The summed E-state index contributed by atoms with van der Waals surface area (Å²) in [6.07, 6.45) is 1.32. The summed E-state index contributed by atoms with van der Waals surface area (Å²) < 4.78 is 0. The monoisotopic (exact) mass is 218 g/mol. The Morgan fingerprint density at radius 1 is 1.31 bits per heavy atom. The van der Waals surface area contributed by atoms with Gasteiger partial charge < -0.3 is 4.90 Å². The average molecular weight is 218 g/mol. The molecule has 1 saturated heterocycles. The van der Waals surface area contributed by atoms with Crippen molar-refractivity contribution < 1.29 is 0 Å². The van der Waals surface area contributed by atoms with Crippen molar-refractivity contribution in [2.75, 3.05) is 26.7 Å². The van der Waals surface area contributed by atoms with E-state index in [1.807, 2.05) is 0 Å². The van der Waals surface area contributed by atoms with Crippen LogP contribution in [0.25, 0.3) is 0 Å². The first kappa shape index (κ1) is 11.6. The van der Waals surface area contributed by atoms with Gasteiger partial charge in [-0.3, -0.25) is 4.90 Å². The Hall–Kier alpha value is -0.860. The minimum absolute atomic E-state index is 0.758. The molecule has 2 heteroatoms. The van der Waals surface area contributed by atoms with Gasteiger partial charge in [0.2, 0.25) is 0 Å². The SMILES string of the molecule is CCN(C)C1CCN(Cc2ccccc2)C1. The minimum atomic E-state index is 0.758. The van der Waals surface area contributed by atoms with E-state index in [0.717, 1.165) is 19.1 Å². The molecule has 1 aliphatic heterocycles. The normalized spacial score (nSPS) is 21.8. The number of rotatable bonds is 4. The molecule has 0 aliphatic carbocycles. The quantitative estimate of drug-likeness (QED) is 0.764. The first-order chi connectivity index (χ1) is 7.79. The van der Waals surface area contributed by atoms with E-state index >= 15 is 0 Å². The summed E-state index contributed by atoms with van der Waals surface area (Å²) in [5.74, 6) is 0. The molecular formula is C14H22N2. The van der Waals surface area contributed by atoms with Crippen molar-refractivity contribution in [3.8, 4) is 0 Å². The highest BCUT2D eigenvalue weighted by Gasteiger charge is 2.24. The van der Waals surface area contributed by atoms with E-state index in [2.05, 4.69) is 54.1 Å². The van der Waals surface area contributed by atoms with E-state index in [1.165, 1.54) is 25.1 Å². The molecule has 1 fully saturated rings. The van der Waals surface area contributed by atoms with E-state index < -0.39 is 0 Å². The summed E-state index contributed by atoms with van der Waals surface area (Å²) >= 11 is 0. The minimum Gasteiger partial charge on any atom is -0.302 e. The van der Waals surface area contributed by atoms with Gasteiger partial charge in [0.1, 0.15) is 0 Å². The lowest BCUT2D eigenvalue weighted by Gasteiger charge is -2.23. The third-order valence-corrected chi connectivity index (χ3v) is 3.62. The predicted molar refractivity (Wildman–Crippen MR) is 68.4 cm³/mol. The van der Waals surface area contributed by atoms with E-state index in [4.69, 9.17) is 0 Å². The molecule has 88 valence electrons. The van der Waals surface area contributed by atoms with Gasteiger partial charge in [-0.25, -0.2) is 0 Å². The van der Waals surface area contributed by atoms with Crippen LogP contribution in [-0.2, 0) is 6.54 Å². The van der Waals surface area contributed by atoms with Crippen LogP contribution >= 0.6 is 0 Å². The lowest BCUT2D eigenvalue weighted by atomic mass is 10.2. The van der Waals surface area contributed by atoms with E-state index in [-0.39, 0.29) is 0 Å². The van der Waals surface area contributed by atoms with Crippen molar-refractivity contribution in [1.82, 2.24) is 9.80 Å². The summed E-state index contributed by atoms with van der Waals surface area (Å²) in [5.41, 5.74) is 1.43. The highest BCUT2D eigenvalue weighted by Crippen LogP contribution is 2.16. The van der Waals surface area contributed by atoms with Gasteiger partial charge in [0, 0.05) is 25.7 Å². The summed E-state index contributed by atoms with van der Waals surface area (Å²) in [5, 5.41) is 0. The van der Waals surface area contributed by atoms with Crippen LogP contribution in [0.2, 0.25) is 0 Å². The molecule has 1 heterocycles. The van der Waals surface area contributed by atoms with Gasteiger partial charge in [-0.05, 0) is 25.6 Å². The summed E-state index contributed by atoms with van der Waals surface area (Å²) in [6.45, 7) is 6.96. The maximum atomic E-state index is 2.56. The highest BCUT2D eigenvalue weighted by molar-refractivity contribution is 5.14. The van der Waals surface area contributed by atoms with Gasteiger partial charge in [0.15, 0.2) is 0 Å². The lowest BCUT2D eigenvalue weighted by Crippen LogP contribution is -2.34. The largest absolute Gasteiger partial charge is 0.302 e. The van der Waals surface area contributed by atoms with Gasteiger partial charge in [-0.1, -0.05) is 37.3 Å². The van der Waals surface area contributed by atoms with Crippen LogP contribution in [0.5, 0.6) is 0 Å². The third-order valence-electron chi connectivity index (χ3n) is 3.62. The van der Waals surface area contributed by atoms with Crippen molar-refractivity contribution >= 4 is 0 Å². The molecule has 0 amide bonds. The Balaban J connectivity index is 1.85. The van der Waals surface area contributed by atoms with Gasteiger partial charge in [0.25, 0.3) is 0 Å². The molecule has 0 bridgehead atoms. The van der Waals surface area contributed by atoms with Gasteiger partial charge >= 0.3 is 0 Å². The number of nitrogens with zero attached hydrogens (tertiary/aromatic N) is 2. The zero-order chi connectivity index (χ0) is 11.4. The molecule has 0 radical (unpaired) electrons. The van der Waals surface area contributed by atoms with Crippen LogP contribution in [0.1, 0.15) is 18.9 Å². The Morgan fingerprint density at radius 2 is 2.06 bits per heavy atom. The second-order valence-electron chi connectivity index (χ2n) is 4.74. The van der Waals surface area contributed by atoms with Crippen molar-refractivity contribution in [2.24, 2.45) is 0 Å². The first-order valence-corrected chi connectivity index (χ1v) is 6.26. The zero-order valence-electron chi connectivity index (χ0n) is 10.4. The maximum Gasteiger partial charge on any atom is 0.0234 e. The fourth-order valence-electron chi connectivity index (χ4n) is 2.42. The Labute approximate surface area is 98.9 Å². The molecule has 16 heavy (non-hydrogen) atoms. The van der Waals surface area contributed by atoms with E-state index in [9.17, 15) is 0 Å². The molecule has 2 rings (SSSR count). The molecule has 1 aromatic rings. The third kappa shape index (κ3) is 2.83. The van der Waals surface area contributed by atoms with Crippen LogP contribution < -0.4 is 0 Å². The van der Waals surface area contributed by atoms with Crippen LogP contribution in [0.3, 0.4) is 0 Å². The molecule has 0 spiro atoms. The van der Waals surface area contributed by atoms with Crippen molar-refractivity contribution in [1.29, 1.82) is 0 Å². The van der Waals surface area contributed by atoms with Gasteiger partial charge in [-0.2, -0.15) is 0 Å². The van der Waals surface area contributed by atoms with Crippen LogP contribution in [-0.4, -0.2) is 42.5 Å². The second-order valence-corrected chi connectivity index (χ2v) is 4.74. The fourth-order valence-corrected chi connectivity index (χ4v) is 2.42. The topological polar surface area (TPSA) is 6.48 Å². The van der Waals surface area contributed by atoms with Crippen molar-refractivity contribution in [3.63, 3.8) is 0 Å². The fraction of sp³-hybridized carbons (Fsp3) is 0.571. The molecule has 1 aliphatic rings. The molecule has 1 unspecified atom stereocenters. The van der Waals surface area contributed by atoms with Crippen LogP contribution in [0, 0.1) is 0 Å². The van der Waals surface area contributed by atoms with E-state index in [0.29, 0.717) is 0 Å². The van der Waals surface area contributed by atoms with Crippen LogP contribution in [0.4, 0.5) is 0 Å². The predicted octanol–water partition coefficient (Wildman–Crippen LogP) is 2.21. The first-order valence-electron chi connectivity index (χ1n) is 6.26. The molecule has 0 N–H and O–H groups in total. The molecule has 1 aromatic carbocycles. The van der Waals surface area contributed by atoms with Gasteiger partial charge in [0.05, 0.1) is 0 Å². The number of hydrogen-bond donors (Lipinski definition) is 0. The summed E-state index contributed by atoms with van der Waals surface area (Å²) in [4.78, 5) is 5.02. The molecule has 2 nitrogen and oxygen atoms in total. The summed E-state index contributed by atoms with van der Waals surface area (Å²) in [7, 11) is 2.23.